The van der Waals surface area contributed by atoms with Crippen LogP contribution in [0.2, 0.25) is 0 Å². The van der Waals surface area contributed by atoms with Crippen molar-refractivity contribution in [2.45, 2.75) is 45.8 Å². The summed E-state index contributed by atoms with van der Waals surface area (Å²) in [6, 6.07) is 6.08. The maximum Gasteiger partial charge on any atom is 0.419 e. The summed E-state index contributed by atoms with van der Waals surface area (Å²) >= 11 is 0. The van der Waals surface area contributed by atoms with Gasteiger partial charge in [0.25, 0.3) is 0 Å². The average molecular weight is 346 g/mol. The van der Waals surface area contributed by atoms with E-state index in [0.717, 1.165) is 5.39 Å². The summed E-state index contributed by atoms with van der Waals surface area (Å²) in [4.78, 5) is 35.1. The fourth-order valence-electron chi connectivity index (χ4n) is 2.54. The van der Waals surface area contributed by atoms with Crippen molar-refractivity contribution < 1.29 is 24.2 Å². The van der Waals surface area contributed by atoms with Gasteiger partial charge >= 0.3 is 12.1 Å². The molecule has 0 fully saturated rings. The van der Waals surface area contributed by atoms with Gasteiger partial charge in [0.05, 0.1) is 5.52 Å². The molecule has 0 saturated carbocycles. The number of rotatable bonds is 4. The molecule has 0 aliphatic carbocycles. The van der Waals surface area contributed by atoms with E-state index in [-0.39, 0.29) is 6.42 Å². The molecule has 134 valence electrons. The molecule has 2 rings (SSSR count). The third-order valence-electron chi connectivity index (χ3n) is 3.48. The molecule has 7 nitrogen and oxygen atoms in total. The summed E-state index contributed by atoms with van der Waals surface area (Å²) in [6.45, 7) is 6.58. The second kappa shape index (κ2) is 6.96. The van der Waals surface area contributed by atoms with E-state index in [1.54, 1.807) is 51.2 Å². The van der Waals surface area contributed by atoms with E-state index in [0.29, 0.717) is 11.1 Å². The van der Waals surface area contributed by atoms with Crippen LogP contribution in [0.5, 0.6) is 0 Å². The lowest BCUT2D eigenvalue weighted by Crippen LogP contribution is -2.41. The first-order valence-corrected chi connectivity index (χ1v) is 7.90. The van der Waals surface area contributed by atoms with E-state index >= 15 is 0 Å². The van der Waals surface area contributed by atoms with Gasteiger partial charge in [-0.15, -0.1) is 0 Å². The highest BCUT2D eigenvalue weighted by Crippen LogP contribution is 2.24. The lowest BCUT2D eigenvalue weighted by molar-refractivity contribution is -0.141. The number of nitrogens with one attached hydrogen (secondary N) is 1. The Morgan fingerprint density at radius 2 is 1.88 bits per heavy atom. The average Bonchev–Trinajstić information content (AvgIpc) is 2.83. The fourth-order valence-corrected chi connectivity index (χ4v) is 2.54. The molecule has 1 heterocycles. The summed E-state index contributed by atoms with van der Waals surface area (Å²) in [5.41, 5.74) is 0.615. The number of amides is 1. The molecule has 0 unspecified atom stereocenters. The van der Waals surface area contributed by atoms with Crippen LogP contribution in [0.3, 0.4) is 0 Å². The van der Waals surface area contributed by atoms with Crippen molar-refractivity contribution in [2.24, 2.45) is 0 Å². The van der Waals surface area contributed by atoms with E-state index in [9.17, 15) is 19.5 Å². The minimum absolute atomic E-state index is 0.0607. The Balaban J connectivity index is 2.43. The van der Waals surface area contributed by atoms with Gasteiger partial charge in [0.2, 0.25) is 5.91 Å². The zero-order valence-corrected chi connectivity index (χ0v) is 14.7. The number of carbonyl (C=O) groups excluding carboxylic acids is 2. The van der Waals surface area contributed by atoms with Crippen molar-refractivity contribution in [1.29, 1.82) is 0 Å². The Labute approximate surface area is 145 Å². The van der Waals surface area contributed by atoms with Crippen LogP contribution >= 0.6 is 0 Å². The molecule has 0 radical (unpaired) electrons. The molecule has 0 bridgehead atoms. The number of ether oxygens (including phenoxy) is 1. The number of hydrogen-bond acceptors (Lipinski definition) is 4. The Morgan fingerprint density at radius 3 is 2.44 bits per heavy atom. The van der Waals surface area contributed by atoms with Crippen LogP contribution in [0.1, 0.15) is 33.3 Å². The number of aliphatic carboxylic acids is 1. The zero-order chi connectivity index (χ0) is 18.8. The molecule has 0 aliphatic heterocycles. The highest BCUT2D eigenvalue weighted by Gasteiger charge is 2.24. The van der Waals surface area contributed by atoms with Gasteiger partial charge in [-0.2, -0.15) is 0 Å². The van der Waals surface area contributed by atoms with E-state index in [4.69, 9.17) is 4.74 Å². The van der Waals surface area contributed by atoms with Crippen molar-refractivity contribution in [3.05, 3.63) is 36.0 Å². The number of aromatic nitrogens is 1. The molecule has 2 aromatic rings. The number of hydrogen-bond donors (Lipinski definition) is 2. The summed E-state index contributed by atoms with van der Waals surface area (Å²) in [6.07, 6.45) is 1.09. The van der Waals surface area contributed by atoms with Gasteiger partial charge in [-0.1, -0.05) is 18.2 Å². The van der Waals surface area contributed by atoms with Crippen molar-refractivity contribution in [3.8, 4) is 0 Å². The third kappa shape index (κ3) is 4.59. The predicted octanol–water partition coefficient (Wildman–Crippen LogP) is 2.56. The van der Waals surface area contributed by atoms with E-state index in [2.05, 4.69) is 5.32 Å². The van der Waals surface area contributed by atoms with Gasteiger partial charge in [0, 0.05) is 24.9 Å². The van der Waals surface area contributed by atoms with Gasteiger partial charge < -0.3 is 15.2 Å². The van der Waals surface area contributed by atoms with Crippen LogP contribution in [-0.4, -0.2) is 39.3 Å². The maximum atomic E-state index is 12.4. The Bertz CT molecular complexity index is 816. The quantitative estimate of drug-likeness (QED) is 0.887. The molecule has 2 N–H and O–H groups in total. The van der Waals surface area contributed by atoms with Gasteiger partial charge in [0.1, 0.15) is 11.6 Å². The molecule has 0 aliphatic rings. The second-order valence-electron chi connectivity index (χ2n) is 6.82. The smallest absolute Gasteiger partial charge is 0.419 e. The second-order valence-corrected chi connectivity index (χ2v) is 6.82. The monoisotopic (exact) mass is 346 g/mol. The first kappa shape index (κ1) is 18.5. The lowest BCUT2D eigenvalue weighted by Gasteiger charge is -2.19. The van der Waals surface area contributed by atoms with Crippen LogP contribution in [0.4, 0.5) is 4.79 Å². The molecule has 7 heteroatoms. The highest BCUT2D eigenvalue weighted by molar-refractivity contribution is 5.92. The number of fused-ring (bicyclic) bond motifs is 1. The molecule has 1 atom stereocenters. The molecule has 25 heavy (non-hydrogen) atoms. The van der Waals surface area contributed by atoms with Crippen LogP contribution < -0.4 is 5.32 Å². The molecule has 0 spiro atoms. The van der Waals surface area contributed by atoms with Crippen molar-refractivity contribution >= 4 is 28.9 Å². The van der Waals surface area contributed by atoms with Crippen molar-refractivity contribution in [2.75, 3.05) is 0 Å². The number of benzene rings is 1. The first-order chi connectivity index (χ1) is 11.6. The summed E-state index contributed by atoms with van der Waals surface area (Å²) in [5.74, 6) is -1.56. The Kier molecular flexibility index (Phi) is 5.15. The van der Waals surface area contributed by atoms with Crippen molar-refractivity contribution in [1.82, 2.24) is 9.88 Å². The molecular weight excluding hydrogens is 324 g/mol. The van der Waals surface area contributed by atoms with Crippen LogP contribution in [-0.2, 0) is 20.7 Å². The van der Waals surface area contributed by atoms with Crippen LogP contribution in [0.25, 0.3) is 10.9 Å². The zero-order valence-electron chi connectivity index (χ0n) is 14.7. The maximum absolute atomic E-state index is 12.4. The number of nitrogens with zero attached hydrogens (tertiary/aromatic N) is 1. The molecular formula is C18H22N2O5. The van der Waals surface area contributed by atoms with Gasteiger partial charge in [-0.3, -0.25) is 9.36 Å². The van der Waals surface area contributed by atoms with Gasteiger partial charge in [-0.05, 0) is 32.4 Å². The number of carboxylic acids is 1. The lowest BCUT2D eigenvalue weighted by atomic mass is 10.1. The summed E-state index contributed by atoms with van der Waals surface area (Å²) < 4.78 is 6.76. The first-order valence-electron chi connectivity index (χ1n) is 7.90. The molecule has 1 aromatic heterocycles. The van der Waals surface area contributed by atoms with E-state index in [1.807, 2.05) is 0 Å². The molecule has 0 saturated heterocycles. The van der Waals surface area contributed by atoms with Gasteiger partial charge in [0.15, 0.2) is 0 Å². The number of para-hydroxylation sites is 1. The minimum Gasteiger partial charge on any atom is -0.480 e. The number of carbonyl (C=O) groups is 3. The largest absolute Gasteiger partial charge is 0.480 e. The molecule has 1 aromatic carbocycles. The highest BCUT2D eigenvalue weighted by atomic mass is 16.6. The topological polar surface area (TPSA) is 97.6 Å². The summed E-state index contributed by atoms with van der Waals surface area (Å²) in [5, 5.41) is 12.5. The SMILES string of the molecule is CC(=O)N[C@H](Cc1cn(C(=O)OC(C)(C)C)c2ccccc12)C(=O)O. The van der Waals surface area contributed by atoms with E-state index in [1.165, 1.54) is 11.5 Å². The third-order valence-corrected chi connectivity index (χ3v) is 3.48. The molecule has 1 amide bonds. The van der Waals surface area contributed by atoms with Gasteiger partial charge in [-0.25, -0.2) is 9.59 Å². The Morgan fingerprint density at radius 1 is 1.24 bits per heavy atom. The predicted molar refractivity (Wildman–Crippen MR) is 92.5 cm³/mol. The normalized spacial score (nSPS) is 12.6. The van der Waals surface area contributed by atoms with Crippen LogP contribution in [0.15, 0.2) is 30.5 Å². The van der Waals surface area contributed by atoms with Crippen LogP contribution in [0, 0.1) is 0 Å². The van der Waals surface area contributed by atoms with E-state index < -0.39 is 29.6 Å². The number of carboxylic acid groups (broad SMARTS) is 1. The minimum atomic E-state index is -1.13. The summed E-state index contributed by atoms with van der Waals surface area (Å²) in [7, 11) is 0. The fraction of sp³-hybridized carbons (Fsp3) is 0.389. The standard InChI is InChI=1S/C18H22N2O5/c1-11(21)19-14(16(22)23)9-12-10-20(17(24)25-18(2,3)4)15-8-6-5-7-13(12)15/h5-8,10,14H,9H2,1-4H3,(H,19,21)(H,22,23)/t14-/m1/s1. The van der Waals surface area contributed by atoms with Crippen molar-refractivity contribution in [3.63, 3.8) is 0 Å². The Hall–Kier alpha value is -2.83.